The fourth-order valence-electron chi connectivity index (χ4n) is 1.58. The zero-order chi connectivity index (χ0) is 15.9. The van der Waals surface area contributed by atoms with Gasteiger partial charge in [0.05, 0.1) is 11.8 Å². The lowest BCUT2D eigenvalue weighted by molar-refractivity contribution is 0.0733. The molecular formula is C15H12IN3O2S. The van der Waals surface area contributed by atoms with Gasteiger partial charge in [0.1, 0.15) is 5.75 Å². The van der Waals surface area contributed by atoms with Crippen LogP contribution in [0.4, 0.5) is 0 Å². The Morgan fingerprint density at radius 1 is 1.23 bits per heavy atom. The van der Waals surface area contributed by atoms with Gasteiger partial charge in [0.25, 0.3) is 0 Å². The van der Waals surface area contributed by atoms with Crippen LogP contribution in [0.5, 0.6) is 5.75 Å². The zero-order valence-corrected chi connectivity index (χ0v) is 14.3. The molecule has 0 heterocycles. The Bertz CT molecular complexity index is 717. The fourth-order valence-corrected chi connectivity index (χ4v) is 2.24. The number of benzene rings is 2. The number of carbonyl (C=O) groups excluding carboxylic acids is 1. The van der Waals surface area contributed by atoms with Crippen molar-refractivity contribution in [1.29, 1.82) is 0 Å². The number of hydrogen-bond acceptors (Lipinski definition) is 4. The molecule has 0 aromatic heterocycles. The first-order valence-electron chi connectivity index (χ1n) is 6.21. The highest BCUT2D eigenvalue weighted by molar-refractivity contribution is 14.1. The van der Waals surface area contributed by atoms with E-state index >= 15 is 0 Å². The maximum atomic E-state index is 12.1. The molecule has 0 saturated carbocycles. The van der Waals surface area contributed by atoms with Crippen LogP contribution in [0.15, 0.2) is 53.6 Å². The predicted octanol–water partition coefficient (Wildman–Crippen LogP) is 2.68. The Morgan fingerprint density at radius 3 is 2.55 bits per heavy atom. The Labute approximate surface area is 146 Å². The molecule has 7 heteroatoms. The molecule has 0 bridgehead atoms. The van der Waals surface area contributed by atoms with E-state index in [1.54, 1.807) is 42.6 Å². The number of nitrogens with zero attached hydrogens (tertiary/aromatic N) is 1. The van der Waals surface area contributed by atoms with Crippen molar-refractivity contribution in [3.63, 3.8) is 0 Å². The van der Waals surface area contributed by atoms with E-state index in [4.69, 9.17) is 10.5 Å². The standard InChI is InChI=1S/C15H12IN3O2S/c16-13-4-2-1-3-12(13)14(20)21-11-7-5-10(6-8-11)9-18-19-15(17)22/h1-9H,(H3,17,19,22). The van der Waals surface area contributed by atoms with Crippen LogP contribution in [0.2, 0.25) is 0 Å². The molecule has 0 unspecified atom stereocenters. The number of rotatable bonds is 4. The van der Waals surface area contributed by atoms with E-state index < -0.39 is 0 Å². The number of thiocarbonyl (C=S) groups is 1. The summed E-state index contributed by atoms with van der Waals surface area (Å²) in [4.78, 5) is 12.1. The molecule has 0 atom stereocenters. The smallest absolute Gasteiger partial charge is 0.344 e. The lowest BCUT2D eigenvalue weighted by Crippen LogP contribution is -2.23. The van der Waals surface area contributed by atoms with Crippen molar-refractivity contribution < 1.29 is 9.53 Å². The van der Waals surface area contributed by atoms with E-state index in [0.29, 0.717) is 11.3 Å². The Morgan fingerprint density at radius 2 is 1.91 bits per heavy atom. The number of halogens is 1. The van der Waals surface area contributed by atoms with Crippen LogP contribution < -0.4 is 15.9 Å². The summed E-state index contributed by atoms with van der Waals surface area (Å²) in [6, 6.07) is 14.2. The minimum Gasteiger partial charge on any atom is -0.423 e. The molecule has 0 amide bonds. The molecule has 22 heavy (non-hydrogen) atoms. The van der Waals surface area contributed by atoms with Crippen LogP contribution in [-0.2, 0) is 0 Å². The third-order valence-electron chi connectivity index (χ3n) is 2.57. The Balaban J connectivity index is 2.02. The number of ether oxygens (including phenoxy) is 1. The van der Waals surface area contributed by atoms with Gasteiger partial charge in [-0.1, -0.05) is 12.1 Å². The quantitative estimate of drug-likeness (QED) is 0.197. The summed E-state index contributed by atoms with van der Waals surface area (Å²) in [6.45, 7) is 0. The van der Waals surface area contributed by atoms with Crippen LogP contribution in [0.25, 0.3) is 0 Å². The molecule has 0 spiro atoms. The molecule has 2 aromatic rings. The monoisotopic (exact) mass is 425 g/mol. The average molecular weight is 425 g/mol. The van der Waals surface area contributed by atoms with E-state index in [-0.39, 0.29) is 11.1 Å². The molecule has 3 N–H and O–H groups in total. The highest BCUT2D eigenvalue weighted by Gasteiger charge is 2.11. The van der Waals surface area contributed by atoms with Gasteiger partial charge in [0.2, 0.25) is 0 Å². The molecular weight excluding hydrogens is 413 g/mol. The van der Waals surface area contributed by atoms with Gasteiger partial charge < -0.3 is 10.5 Å². The second-order valence-electron chi connectivity index (χ2n) is 4.17. The predicted molar refractivity (Wildman–Crippen MR) is 98.1 cm³/mol. The molecule has 0 saturated heterocycles. The van der Waals surface area contributed by atoms with Gasteiger partial charge >= 0.3 is 5.97 Å². The first-order valence-corrected chi connectivity index (χ1v) is 7.70. The minimum atomic E-state index is -0.387. The highest BCUT2D eigenvalue weighted by atomic mass is 127. The lowest BCUT2D eigenvalue weighted by atomic mass is 10.2. The van der Waals surface area contributed by atoms with E-state index in [1.807, 2.05) is 12.1 Å². The van der Waals surface area contributed by atoms with Crippen molar-refractivity contribution in [2.24, 2.45) is 10.8 Å². The Kier molecular flexibility index (Phi) is 5.84. The van der Waals surface area contributed by atoms with Crippen LogP contribution in [0.3, 0.4) is 0 Å². The molecule has 0 radical (unpaired) electrons. The van der Waals surface area contributed by atoms with Crippen molar-refractivity contribution in [3.05, 3.63) is 63.2 Å². The highest BCUT2D eigenvalue weighted by Crippen LogP contribution is 2.16. The lowest BCUT2D eigenvalue weighted by Gasteiger charge is -2.06. The van der Waals surface area contributed by atoms with Crippen molar-refractivity contribution in [3.8, 4) is 5.75 Å². The van der Waals surface area contributed by atoms with E-state index in [9.17, 15) is 4.79 Å². The van der Waals surface area contributed by atoms with Gasteiger partial charge in [-0.05, 0) is 76.8 Å². The summed E-state index contributed by atoms with van der Waals surface area (Å²) in [5.41, 5.74) is 9.07. The maximum Gasteiger partial charge on any atom is 0.344 e. The Hall–Kier alpha value is -2.00. The van der Waals surface area contributed by atoms with Gasteiger partial charge in [-0.2, -0.15) is 5.10 Å². The molecule has 2 rings (SSSR count). The first-order chi connectivity index (χ1) is 10.6. The summed E-state index contributed by atoms with van der Waals surface area (Å²) in [7, 11) is 0. The molecule has 112 valence electrons. The summed E-state index contributed by atoms with van der Waals surface area (Å²) in [5, 5.41) is 3.94. The van der Waals surface area contributed by atoms with E-state index in [0.717, 1.165) is 9.13 Å². The number of esters is 1. The molecule has 0 fully saturated rings. The third-order valence-corrected chi connectivity index (χ3v) is 3.60. The number of nitrogens with two attached hydrogens (primary N) is 1. The van der Waals surface area contributed by atoms with Crippen molar-refractivity contribution in [1.82, 2.24) is 5.43 Å². The second kappa shape index (κ2) is 7.85. The number of hydrogen-bond donors (Lipinski definition) is 2. The summed E-state index contributed by atoms with van der Waals surface area (Å²) in [6.07, 6.45) is 1.56. The van der Waals surface area contributed by atoms with Crippen molar-refractivity contribution in [2.45, 2.75) is 0 Å². The fraction of sp³-hybridized carbons (Fsp3) is 0. The van der Waals surface area contributed by atoms with Gasteiger partial charge in [-0.3, -0.25) is 5.43 Å². The van der Waals surface area contributed by atoms with Crippen LogP contribution >= 0.6 is 34.8 Å². The maximum absolute atomic E-state index is 12.1. The zero-order valence-electron chi connectivity index (χ0n) is 11.3. The number of carbonyl (C=O) groups is 1. The van der Waals surface area contributed by atoms with Gasteiger partial charge in [0.15, 0.2) is 5.11 Å². The van der Waals surface area contributed by atoms with Crippen molar-refractivity contribution in [2.75, 3.05) is 0 Å². The molecule has 2 aromatic carbocycles. The van der Waals surface area contributed by atoms with Gasteiger partial charge in [0, 0.05) is 3.57 Å². The van der Waals surface area contributed by atoms with Crippen LogP contribution in [0, 0.1) is 3.57 Å². The number of hydrazone groups is 1. The SMILES string of the molecule is NC(=S)NN=Cc1ccc(OC(=O)c2ccccc2I)cc1. The average Bonchev–Trinajstić information content (AvgIpc) is 2.49. The summed E-state index contributed by atoms with van der Waals surface area (Å²) < 4.78 is 6.18. The minimum absolute atomic E-state index is 0.0965. The van der Waals surface area contributed by atoms with E-state index in [2.05, 4.69) is 45.3 Å². The summed E-state index contributed by atoms with van der Waals surface area (Å²) >= 11 is 6.73. The molecule has 0 aliphatic rings. The normalized spacial score (nSPS) is 10.4. The second-order valence-corrected chi connectivity index (χ2v) is 5.77. The largest absolute Gasteiger partial charge is 0.423 e. The number of nitrogens with one attached hydrogen (secondary N) is 1. The first kappa shape index (κ1) is 16.4. The van der Waals surface area contributed by atoms with Gasteiger partial charge in [-0.15, -0.1) is 0 Å². The third kappa shape index (κ3) is 4.78. The van der Waals surface area contributed by atoms with Crippen molar-refractivity contribution >= 4 is 52.1 Å². The molecule has 0 aliphatic heterocycles. The molecule has 0 aliphatic carbocycles. The summed E-state index contributed by atoms with van der Waals surface area (Å²) in [5.74, 6) is 0.0747. The van der Waals surface area contributed by atoms with E-state index in [1.165, 1.54) is 0 Å². The van der Waals surface area contributed by atoms with Crippen LogP contribution in [-0.4, -0.2) is 17.3 Å². The van der Waals surface area contributed by atoms with Gasteiger partial charge in [-0.25, -0.2) is 4.79 Å². The van der Waals surface area contributed by atoms with Crippen LogP contribution in [0.1, 0.15) is 15.9 Å². The molecule has 5 nitrogen and oxygen atoms in total. The topological polar surface area (TPSA) is 76.7 Å².